The third-order valence-corrected chi connectivity index (χ3v) is 7.31. The summed E-state index contributed by atoms with van der Waals surface area (Å²) in [5.74, 6) is 0.984. The maximum absolute atomic E-state index is 12.5. The zero-order valence-corrected chi connectivity index (χ0v) is 19.1. The van der Waals surface area contributed by atoms with Crippen LogP contribution in [-0.2, 0) is 17.1 Å². The number of nitrogens with one attached hydrogen (secondary N) is 2. The molecule has 0 fully saturated rings. The molecule has 0 radical (unpaired) electrons. The molecule has 0 spiro atoms. The highest BCUT2D eigenvalue weighted by Crippen LogP contribution is 2.26. The molecular formula is C22H23N5O2S2. The minimum absolute atomic E-state index is 0.0660. The van der Waals surface area contributed by atoms with Gasteiger partial charge in [0.2, 0.25) is 5.91 Å². The molecular weight excluding hydrogens is 430 g/mol. The molecule has 0 saturated heterocycles. The maximum atomic E-state index is 12.5. The van der Waals surface area contributed by atoms with Crippen molar-refractivity contribution >= 4 is 39.2 Å². The van der Waals surface area contributed by atoms with E-state index in [1.165, 1.54) is 23.1 Å². The van der Waals surface area contributed by atoms with Gasteiger partial charge in [-0.15, -0.1) is 23.1 Å². The summed E-state index contributed by atoms with van der Waals surface area (Å²) in [7, 11) is 0. The lowest BCUT2D eigenvalue weighted by Crippen LogP contribution is -2.30. The third kappa shape index (κ3) is 4.72. The zero-order chi connectivity index (χ0) is 22.0. The van der Waals surface area contributed by atoms with Crippen LogP contribution in [0.4, 0.5) is 0 Å². The summed E-state index contributed by atoms with van der Waals surface area (Å²) in [4.78, 5) is 34.2. The highest BCUT2D eigenvalue weighted by molar-refractivity contribution is 7.99. The lowest BCUT2D eigenvalue weighted by molar-refractivity contribution is -0.120. The summed E-state index contributed by atoms with van der Waals surface area (Å²) in [5, 5.41) is 7.68. The predicted octanol–water partition coefficient (Wildman–Crippen LogP) is 3.73. The van der Waals surface area contributed by atoms with Crippen molar-refractivity contribution in [2.45, 2.75) is 38.3 Å². The Hall–Kier alpha value is -2.91. The molecule has 2 N–H and O–H groups in total. The second kappa shape index (κ2) is 9.07. The molecule has 3 heterocycles. The van der Waals surface area contributed by atoms with Crippen LogP contribution in [0.25, 0.3) is 15.9 Å². The Balaban J connectivity index is 1.33. The molecule has 31 heavy (non-hydrogen) atoms. The Morgan fingerprint density at radius 2 is 2.06 bits per heavy atom. The molecule has 0 saturated carbocycles. The van der Waals surface area contributed by atoms with Gasteiger partial charge in [-0.25, -0.2) is 9.67 Å². The van der Waals surface area contributed by atoms with Crippen LogP contribution in [0.5, 0.6) is 0 Å². The first-order valence-electron chi connectivity index (χ1n) is 9.89. The number of aromatic nitrogens is 4. The van der Waals surface area contributed by atoms with Crippen LogP contribution in [0.3, 0.4) is 0 Å². The fraction of sp³-hybridized carbons (Fsp3) is 0.273. The lowest BCUT2D eigenvalue weighted by atomic mass is 10.2. The van der Waals surface area contributed by atoms with Crippen LogP contribution < -0.4 is 10.9 Å². The Kier molecular flexibility index (Phi) is 6.24. The third-order valence-electron chi connectivity index (χ3n) is 5.05. The Morgan fingerprint density at radius 3 is 2.84 bits per heavy atom. The predicted molar refractivity (Wildman–Crippen MR) is 126 cm³/mol. The number of carbonyl (C=O) groups is 1. The number of rotatable bonds is 7. The first-order chi connectivity index (χ1) is 14.9. The van der Waals surface area contributed by atoms with Crippen LogP contribution >= 0.6 is 23.1 Å². The molecule has 1 amide bonds. The van der Waals surface area contributed by atoms with Crippen molar-refractivity contribution in [2.75, 3.05) is 0 Å². The fourth-order valence-electron chi connectivity index (χ4n) is 3.15. The van der Waals surface area contributed by atoms with Gasteiger partial charge in [-0.05, 0) is 38.5 Å². The maximum Gasteiger partial charge on any atom is 0.259 e. The molecule has 9 heteroatoms. The van der Waals surface area contributed by atoms with Gasteiger partial charge in [-0.1, -0.05) is 18.2 Å². The number of aromatic amines is 1. The van der Waals surface area contributed by atoms with E-state index in [1.807, 2.05) is 57.3 Å². The summed E-state index contributed by atoms with van der Waals surface area (Å²) in [6.45, 7) is 6.19. The van der Waals surface area contributed by atoms with E-state index in [0.717, 1.165) is 26.5 Å². The van der Waals surface area contributed by atoms with Gasteiger partial charge in [0.15, 0.2) is 0 Å². The highest BCUT2D eigenvalue weighted by Gasteiger charge is 2.16. The number of thiophene rings is 1. The average molecular weight is 454 g/mol. The van der Waals surface area contributed by atoms with Gasteiger partial charge in [-0.3, -0.25) is 9.59 Å². The van der Waals surface area contributed by atoms with Crippen molar-refractivity contribution in [1.82, 2.24) is 25.1 Å². The molecule has 0 aliphatic carbocycles. The Labute approximate surface area is 187 Å². The van der Waals surface area contributed by atoms with Gasteiger partial charge < -0.3 is 10.3 Å². The molecule has 160 valence electrons. The molecule has 1 unspecified atom stereocenters. The number of H-pyrrole nitrogens is 1. The molecule has 0 aliphatic rings. The van der Waals surface area contributed by atoms with Gasteiger partial charge in [0, 0.05) is 23.2 Å². The lowest BCUT2D eigenvalue weighted by Gasteiger charge is -2.11. The van der Waals surface area contributed by atoms with E-state index < -0.39 is 0 Å². The van der Waals surface area contributed by atoms with E-state index in [2.05, 4.69) is 20.4 Å². The van der Waals surface area contributed by atoms with Crippen LogP contribution in [0.1, 0.15) is 28.8 Å². The van der Waals surface area contributed by atoms with Crippen molar-refractivity contribution in [2.24, 2.45) is 0 Å². The number of hydrogen-bond acceptors (Lipinski definition) is 6. The van der Waals surface area contributed by atoms with Crippen molar-refractivity contribution in [3.8, 4) is 5.69 Å². The standard InChI is InChI=1S/C22H23N5O2S2/c1-13-14(2)31-22-19(13)21(29)25-18(26-22)12-30-15(3)20(28)23-9-16-10-24-27(11-16)17-7-5-4-6-8-17/h4-8,10-11,15H,9,12H2,1-3H3,(H,23,28)(H,25,26,29). The normalized spacial score (nSPS) is 12.2. The van der Waals surface area contributed by atoms with Gasteiger partial charge in [-0.2, -0.15) is 5.10 Å². The molecule has 1 aromatic carbocycles. The SMILES string of the molecule is Cc1sc2nc(CSC(C)C(=O)NCc3cnn(-c4ccccc4)c3)[nH]c(=O)c2c1C. The summed E-state index contributed by atoms with van der Waals surface area (Å²) in [5.41, 5.74) is 2.76. The quantitative estimate of drug-likeness (QED) is 0.445. The van der Waals surface area contributed by atoms with Crippen LogP contribution in [0, 0.1) is 13.8 Å². The highest BCUT2D eigenvalue weighted by atomic mass is 32.2. The molecule has 0 bridgehead atoms. The van der Waals surface area contributed by atoms with Crippen molar-refractivity contribution in [1.29, 1.82) is 0 Å². The Morgan fingerprint density at radius 1 is 1.29 bits per heavy atom. The number of aryl methyl sites for hydroxylation is 2. The first kappa shape index (κ1) is 21.3. The van der Waals surface area contributed by atoms with E-state index in [-0.39, 0.29) is 16.7 Å². The van der Waals surface area contributed by atoms with Gasteiger partial charge in [0.25, 0.3) is 5.56 Å². The van der Waals surface area contributed by atoms with E-state index in [9.17, 15) is 9.59 Å². The first-order valence-corrected chi connectivity index (χ1v) is 11.8. The minimum Gasteiger partial charge on any atom is -0.351 e. The van der Waals surface area contributed by atoms with E-state index in [1.54, 1.807) is 10.9 Å². The van der Waals surface area contributed by atoms with Gasteiger partial charge in [0.1, 0.15) is 10.7 Å². The zero-order valence-electron chi connectivity index (χ0n) is 17.5. The molecule has 4 rings (SSSR count). The molecule has 0 aliphatic heterocycles. The second-order valence-electron chi connectivity index (χ2n) is 7.28. The molecule has 1 atom stereocenters. The molecule has 4 aromatic rings. The number of carbonyl (C=O) groups excluding carboxylic acids is 1. The van der Waals surface area contributed by atoms with Crippen LogP contribution in [-0.4, -0.2) is 30.9 Å². The summed E-state index contributed by atoms with van der Waals surface area (Å²) in [6.07, 6.45) is 3.66. The number of amides is 1. The smallest absolute Gasteiger partial charge is 0.259 e. The fourth-order valence-corrected chi connectivity index (χ4v) is 4.98. The monoisotopic (exact) mass is 453 g/mol. The number of thioether (sulfide) groups is 1. The van der Waals surface area contributed by atoms with Crippen LogP contribution in [0.2, 0.25) is 0 Å². The summed E-state index contributed by atoms with van der Waals surface area (Å²) in [6, 6.07) is 9.82. The van der Waals surface area contributed by atoms with Crippen molar-refractivity contribution in [3.63, 3.8) is 0 Å². The number of fused-ring (bicyclic) bond motifs is 1. The number of nitrogens with zero attached hydrogens (tertiary/aromatic N) is 3. The minimum atomic E-state index is -0.281. The topological polar surface area (TPSA) is 92.7 Å². The summed E-state index contributed by atoms with van der Waals surface area (Å²) < 4.78 is 1.78. The van der Waals surface area contributed by atoms with E-state index in [4.69, 9.17) is 0 Å². The number of benzene rings is 1. The van der Waals surface area contributed by atoms with Crippen molar-refractivity contribution in [3.05, 3.63) is 74.9 Å². The van der Waals surface area contributed by atoms with Crippen molar-refractivity contribution < 1.29 is 4.79 Å². The van der Waals surface area contributed by atoms with E-state index in [0.29, 0.717) is 23.5 Å². The second-order valence-corrected chi connectivity index (χ2v) is 9.81. The summed E-state index contributed by atoms with van der Waals surface area (Å²) >= 11 is 2.97. The van der Waals surface area contributed by atoms with Crippen LogP contribution in [0.15, 0.2) is 47.5 Å². The molecule has 7 nitrogen and oxygen atoms in total. The molecule has 3 aromatic heterocycles. The average Bonchev–Trinajstić information content (AvgIpc) is 3.35. The van der Waals surface area contributed by atoms with Gasteiger partial charge in [0.05, 0.1) is 28.3 Å². The number of hydrogen-bond donors (Lipinski definition) is 2. The number of para-hydroxylation sites is 1. The largest absolute Gasteiger partial charge is 0.351 e. The van der Waals surface area contributed by atoms with E-state index >= 15 is 0 Å². The van der Waals surface area contributed by atoms with Gasteiger partial charge >= 0.3 is 0 Å². The Bertz CT molecular complexity index is 1280.